The summed E-state index contributed by atoms with van der Waals surface area (Å²) in [5.74, 6) is 0.691. The van der Waals surface area contributed by atoms with Crippen LogP contribution in [0.3, 0.4) is 0 Å². The molecule has 0 fully saturated rings. The summed E-state index contributed by atoms with van der Waals surface area (Å²) in [6.07, 6.45) is 3.49. The summed E-state index contributed by atoms with van der Waals surface area (Å²) in [4.78, 5) is 11.3. The number of hydrogen-bond donors (Lipinski definition) is 0. The first kappa shape index (κ1) is 20.0. The van der Waals surface area contributed by atoms with Gasteiger partial charge in [0.1, 0.15) is 16.9 Å². The van der Waals surface area contributed by atoms with Crippen LogP contribution in [0.2, 0.25) is 0 Å². The fourth-order valence-corrected chi connectivity index (χ4v) is 4.20. The van der Waals surface area contributed by atoms with Gasteiger partial charge >= 0.3 is 0 Å². The van der Waals surface area contributed by atoms with Crippen LogP contribution >= 0.6 is 11.3 Å². The molecular weight excluding hydrogens is 392 g/mol. The van der Waals surface area contributed by atoms with Gasteiger partial charge in [-0.25, -0.2) is 18.4 Å². The summed E-state index contributed by atoms with van der Waals surface area (Å²) in [6, 6.07) is 10.8. The van der Waals surface area contributed by atoms with Gasteiger partial charge < -0.3 is 4.90 Å². The first-order valence-corrected chi connectivity index (χ1v) is 11.5. The van der Waals surface area contributed by atoms with E-state index < -0.39 is 9.84 Å². The molecule has 8 heteroatoms. The van der Waals surface area contributed by atoms with Crippen molar-refractivity contribution in [3.05, 3.63) is 63.7 Å². The van der Waals surface area contributed by atoms with E-state index in [-0.39, 0.29) is 4.90 Å². The highest BCUT2D eigenvalue weighted by Gasteiger charge is 2.16. The lowest BCUT2D eigenvalue weighted by molar-refractivity contribution is 0.602. The van der Waals surface area contributed by atoms with Crippen LogP contribution in [0.15, 0.2) is 46.8 Å². The van der Waals surface area contributed by atoms with E-state index in [1.54, 1.807) is 41.8 Å². The Balaban J connectivity index is 2.06. The second kappa shape index (κ2) is 8.09. The van der Waals surface area contributed by atoms with E-state index in [1.807, 2.05) is 30.2 Å². The highest BCUT2D eigenvalue weighted by Crippen LogP contribution is 2.29. The van der Waals surface area contributed by atoms with Crippen LogP contribution in [0, 0.1) is 18.3 Å². The molecule has 0 spiro atoms. The van der Waals surface area contributed by atoms with Crippen molar-refractivity contribution in [2.24, 2.45) is 0 Å². The number of pyridine rings is 1. The Bertz CT molecular complexity index is 1130. The molecule has 3 rings (SSSR count). The molecule has 0 amide bonds. The van der Waals surface area contributed by atoms with Gasteiger partial charge in [-0.3, -0.25) is 0 Å². The van der Waals surface area contributed by atoms with Gasteiger partial charge in [-0.05, 0) is 49.2 Å². The van der Waals surface area contributed by atoms with Crippen LogP contribution in [0.1, 0.15) is 28.8 Å². The molecule has 0 saturated carbocycles. The monoisotopic (exact) mass is 412 g/mol. The maximum atomic E-state index is 11.8. The Morgan fingerprint density at radius 1 is 1.25 bits per heavy atom. The average molecular weight is 413 g/mol. The molecule has 144 valence electrons. The Morgan fingerprint density at radius 3 is 2.50 bits per heavy atom. The molecule has 28 heavy (non-hydrogen) atoms. The van der Waals surface area contributed by atoms with Gasteiger partial charge in [0.05, 0.1) is 17.0 Å². The topological polar surface area (TPSA) is 87.0 Å². The van der Waals surface area contributed by atoms with Crippen molar-refractivity contribution in [3.8, 4) is 6.07 Å². The van der Waals surface area contributed by atoms with E-state index in [0.29, 0.717) is 17.9 Å². The number of anilines is 2. The van der Waals surface area contributed by atoms with Gasteiger partial charge in [-0.2, -0.15) is 5.26 Å². The summed E-state index contributed by atoms with van der Waals surface area (Å²) in [5.41, 5.74) is 3.23. The number of aryl methyl sites for hydroxylation is 2. The van der Waals surface area contributed by atoms with E-state index in [4.69, 9.17) is 0 Å². The van der Waals surface area contributed by atoms with Gasteiger partial charge in [-0.1, -0.05) is 6.92 Å². The zero-order chi connectivity index (χ0) is 20.3. The van der Waals surface area contributed by atoms with Crippen LogP contribution < -0.4 is 4.90 Å². The number of aromatic nitrogens is 2. The molecule has 0 aliphatic carbocycles. The van der Waals surface area contributed by atoms with Crippen molar-refractivity contribution in [2.45, 2.75) is 31.7 Å². The summed E-state index contributed by atoms with van der Waals surface area (Å²) < 4.78 is 23.5. The minimum Gasteiger partial charge on any atom is -0.320 e. The molecule has 0 aliphatic rings. The first-order chi connectivity index (χ1) is 13.3. The summed E-state index contributed by atoms with van der Waals surface area (Å²) in [7, 11) is -3.27. The van der Waals surface area contributed by atoms with Crippen molar-refractivity contribution < 1.29 is 8.42 Å². The van der Waals surface area contributed by atoms with Crippen molar-refractivity contribution in [1.29, 1.82) is 5.26 Å². The highest BCUT2D eigenvalue weighted by atomic mass is 32.2. The van der Waals surface area contributed by atoms with Crippen LogP contribution in [-0.4, -0.2) is 24.6 Å². The van der Waals surface area contributed by atoms with Crippen molar-refractivity contribution in [3.63, 3.8) is 0 Å². The Hall–Kier alpha value is -2.76. The molecule has 2 aromatic heterocycles. The average Bonchev–Trinajstić information content (AvgIpc) is 3.10. The number of nitriles is 1. The number of rotatable bonds is 6. The number of nitrogens with zero attached hydrogens (tertiary/aromatic N) is 4. The number of thiazole rings is 1. The second-order valence-electron chi connectivity index (χ2n) is 6.40. The van der Waals surface area contributed by atoms with Crippen LogP contribution in [0.5, 0.6) is 0 Å². The van der Waals surface area contributed by atoms with Crippen molar-refractivity contribution in [2.75, 3.05) is 11.2 Å². The lowest BCUT2D eigenvalue weighted by Gasteiger charge is -2.24. The lowest BCUT2D eigenvalue weighted by atomic mass is 10.1. The van der Waals surface area contributed by atoms with E-state index in [9.17, 15) is 13.7 Å². The second-order valence-corrected chi connectivity index (χ2v) is 9.36. The Morgan fingerprint density at radius 2 is 1.96 bits per heavy atom. The van der Waals surface area contributed by atoms with Gasteiger partial charge in [0.25, 0.3) is 0 Å². The number of sulfone groups is 1. The van der Waals surface area contributed by atoms with E-state index in [2.05, 4.69) is 16.0 Å². The molecule has 0 aliphatic heterocycles. The van der Waals surface area contributed by atoms with Crippen LogP contribution in [0.25, 0.3) is 0 Å². The van der Waals surface area contributed by atoms with Gasteiger partial charge in [0.15, 0.2) is 9.84 Å². The minimum absolute atomic E-state index is 0.267. The molecule has 0 N–H and O–H groups in total. The van der Waals surface area contributed by atoms with E-state index >= 15 is 0 Å². The lowest BCUT2D eigenvalue weighted by Crippen LogP contribution is -2.18. The Kier molecular flexibility index (Phi) is 5.77. The molecular formula is C20H20N4O2S2. The predicted molar refractivity (Wildman–Crippen MR) is 111 cm³/mol. The minimum atomic E-state index is -3.27. The number of hydrogen-bond acceptors (Lipinski definition) is 7. The van der Waals surface area contributed by atoms with Crippen molar-refractivity contribution in [1.82, 2.24) is 9.97 Å². The largest absolute Gasteiger partial charge is 0.320 e. The summed E-state index contributed by atoms with van der Waals surface area (Å²) in [6.45, 7) is 4.44. The molecule has 0 bridgehead atoms. The third-order valence-corrected chi connectivity index (χ3v) is 6.37. The Labute approximate surface area is 169 Å². The molecule has 1 aromatic carbocycles. The van der Waals surface area contributed by atoms with Gasteiger partial charge in [-0.15, -0.1) is 11.3 Å². The SMILES string of the molecule is CCc1cc(N(Cc2nc(C)cs2)c2ccc(S(C)(=O)=O)cc2)ncc1C#N. The normalized spacial score (nSPS) is 11.2. The third-order valence-electron chi connectivity index (χ3n) is 4.29. The molecule has 0 unspecified atom stereocenters. The number of benzene rings is 1. The van der Waals surface area contributed by atoms with Crippen LogP contribution in [-0.2, 0) is 22.8 Å². The molecule has 0 atom stereocenters. The molecule has 2 heterocycles. The summed E-state index contributed by atoms with van der Waals surface area (Å²) in [5, 5.41) is 12.2. The zero-order valence-corrected chi connectivity index (χ0v) is 17.5. The smallest absolute Gasteiger partial charge is 0.175 e. The maximum absolute atomic E-state index is 11.8. The highest BCUT2D eigenvalue weighted by molar-refractivity contribution is 7.90. The zero-order valence-electron chi connectivity index (χ0n) is 15.9. The predicted octanol–water partition coefficient (Wildman–Crippen LogP) is 4.02. The van der Waals surface area contributed by atoms with E-state index in [1.165, 1.54) is 6.26 Å². The standard InChI is InChI=1S/C20H20N4O2S2/c1-4-15-9-19(22-11-16(15)10-21)24(12-20-23-14(2)13-27-20)17-5-7-18(8-6-17)28(3,25)26/h5-9,11,13H,4,12H2,1-3H3. The fraction of sp³-hybridized carbons (Fsp3) is 0.250. The quantitative estimate of drug-likeness (QED) is 0.608. The third kappa shape index (κ3) is 4.38. The van der Waals surface area contributed by atoms with Crippen LogP contribution in [0.4, 0.5) is 11.5 Å². The van der Waals surface area contributed by atoms with E-state index in [0.717, 1.165) is 28.4 Å². The van der Waals surface area contributed by atoms with Gasteiger partial charge in [0.2, 0.25) is 0 Å². The first-order valence-electron chi connectivity index (χ1n) is 8.69. The summed E-state index contributed by atoms with van der Waals surface area (Å²) >= 11 is 1.56. The van der Waals surface area contributed by atoms with Crippen molar-refractivity contribution >= 4 is 32.7 Å². The molecule has 0 saturated heterocycles. The fourth-order valence-electron chi connectivity index (χ4n) is 2.81. The molecule has 3 aromatic rings. The maximum Gasteiger partial charge on any atom is 0.175 e. The van der Waals surface area contributed by atoms with Gasteiger partial charge in [0, 0.05) is 29.2 Å². The molecule has 6 nitrogen and oxygen atoms in total. The molecule has 0 radical (unpaired) electrons.